The first-order chi connectivity index (χ1) is 14.7. The lowest BCUT2D eigenvalue weighted by Crippen LogP contribution is -2.49. The van der Waals surface area contributed by atoms with Crippen LogP contribution in [0.4, 0.5) is 19.0 Å². The van der Waals surface area contributed by atoms with E-state index in [1.165, 1.54) is 16.7 Å². The zero-order valence-electron chi connectivity index (χ0n) is 16.8. The largest absolute Gasteiger partial charge is 0.416 e. The molecule has 1 N–H and O–H groups in total. The van der Waals surface area contributed by atoms with E-state index in [1.807, 2.05) is 4.90 Å². The van der Waals surface area contributed by atoms with Crippen LogP contribution in [0, 0.1) is 5.92 Å². The van der Waals surface area contributed by atoms with Gasteiger partial charge in [-0.1, -0.05) is 0 Å². The van der Waals surface area contributed by atoms with Crippen LogP contribution >= 0.6 is 0 Å². The van der Waals surface area contributed by atoms with Crippen molar-refractivity contribution in [3.8, 4) is 0 Å². The first kappa shape index (κ1) is 22.2. The summed E-state index contributed by atoms with van der Waals surface area (Å²) in [6.45, 7) is 2.77. The molecular formula is C19H24F3N5O3S. The number of rotatable bonds is 5. The third-order valence-corrected chi connectivity index (χ3v) is 7.20. The highest BCUT2D eigenvalue weighted by Crippen LogP contribution is 2.34. The number of benzene rings is 1. The SMILES string of the molecule is O=S(=O)(NCC1CCCN(c2ncnc3ccc(C(F)(F)F)cc23)C1)N1CCOCC1. The molecule has 2 fully saturated rings. The number of alkyl halides is 3. The fourth-order valence-electron chi connectivity index (χ4n) is 4.00. The average molecular weight is 459 g/mol. The van der Waals surface area contributed by atoms with Crippen LogP contribution in [0.2, 0.25) is 0 Å². The van der Waals surface area contributed by atoms with Crippen LogP contribution in [0.3, 0.4) is 0 Å². The van der Waals surface area contributed by atoms with Crippen molar-refractivity contribution in [2.45, 2.75) is 19.0 Å². The maximum atomic E-state index is 13.2. The van der Waals surface area contributed by atoms with Crippen LogP contribution < -0.4 is 9.62 Å². The molecular weight excluding hydrogens is 435 g/mol. The van der Waals surface area contributed by atoms with Gasteiger partial charge < -0.3 is 9.64 Å². The van der Waals surface area contributed by atoms with Crippen LogP contribution in [0.1, 0.15) is 18.4 Å². The van der Waals surface area contributed by atoms with Gasteiger partial charge in [0.05, 0.1) is 24.3 Å². The van der Waals surface area contributed by atoms with Crippen LogP contribution in [0.15, 0.2) is 24.5 Å². The van der Waals surface area contributed by atoms with E-state index in [4.69, 9.17) is 4.74 Å². The minimum atomic E-state index is -4.45. The fraction of sp³-hybridized carbons (Fsp3) is 0.579. The number of halogens is 3. The molecule has 2 saturated heterocycles. The van der Waals surface area contributed by atoms with Crippen LogP contribution in [-0.4, -0.2) is 68.6 Å². The first-order valence-corrected chi connectivity index (χ1v) is 11.6. The Bertz CT molecular complexity index is 1030. The first-order valence-electron chi connectivity index (χ1n) is 10.1. The second-order valence-electron chi connectivity index (χ2n) is 7.75. The second-order valence-corrected chi connectivity index (χ2v) is 9.50. The Morgan fingerprint density at radius 1 is 1.16 bits per heavy atom. The molecule has 0 saturated carbocycles. The number of morpholine rings is 1. The minimum Gasteiger partial charge on any atom is -0.379 e. The van der Waals surface area contributed by atoms with Crippen molar-refractivity contribution >= 4 is 26.9 Å². The molecule has 4 rings (SSSR count). The maximum absolute atomic E-state index is 13.2. The lowest BCUT2D eigenvalue weighted by Gasteiger charge is -2.34. The summed E-state index contributed by atoms with van der Waals surface area (Å²) >= 11 is 0. The quantitative estimate of drug-likeness (QED) is 0.736. The van der Waals surface area contributed by atoms with Gasteiger partial charge in [-0.05, 0) is 37.0 Å². The van der Waals surface area contributed by atoms with E-state index in [1.54, 1.807) is 0 Å². The molecule has 170 valence electrons. The number of hydrogen-bond acceptors (Lipinski definition) is 6. The molecule has 0 radical (unpaired) electrons. The molecule has 2 aliphatic rings. The van der Waals surface area contributed by atoms with E-state index in [0.717, 1.165) is 25.0 Å². The Kier molecular flexibility index (Phi) is 6.33. The van der Waals surface area contributed by atoms with Crippen LogP contribution in [-0.2, 0) is 21.1 Å². The monoisotopic (exact) mass is 459 g/mol. The number of piperidine rings is 1. The van der Waals surface area contributed by atoms with Crippen LogP contribution in [0.5, 0.6) is 0 Å². The van der Waals surface area contributed by atoms with Crippen molar-refractivity contribution in [3.63, 3.8) is 0 Å². The van der Waals surface area contributed by atoms with Crippen molar-refractivity contribution in [1.29, 1.82) is 0 Å². The summed E-state index contributed by atoms with van der Waals surface area (Å²) in [6.07, 6.45) is -1.51. The molecule has 1 atom stereocenters. The van der Waals surface area contributed by atoms with E-state index in [-0.39, 0.29) is 12.5 Å². The highest BCUT2D eigenvalue weighted by molar-refractivity contribution is 7.87. The standard InChI is InChI=1S/C19H24F3N5O3S/c20-19(21,22)15-3-4-17-16(10-15)18(24-13-23-17)26-5-1-2-14(12-26)11-25-31(28,29)27-6-8-30-9-7-27/h3-4,10,13-14,25H,1-2,5-9,11-12H2. The van der Waals surface area contributed by atoms with Gasteiger partial charge in [-0.2, -0.15) is 25.9 Å². The van der Waals surface area contributed by atoms with E-state index in [9.17, 15) is 21.6 Å². The van der Waals surface area contributed by atoms with Gasteiger partial charge in [0, 0.05) is 38.1 Å². The molecule has 8 nitrogen and oxygen atoms in total. The molecule has 0 spiro atoms. The molecule has 1 aromatic carbocycles. The van der Waals surface area contributed by atoms with E-state index in [0.29, 0.717) is 56.1 Å². The zero-order chi connectivity index (χ0) is 22.1. The zero-order valence-corrected chi connectivity index (χ0v) is 17.6. The summed E-state index contributed by atoms with van der Waals surface area (Å²) in [5, 5.41) is 0.340. The Labute approximate surface area is 178 Å². The number of hydrogen-bond donors (Lipinski definition) is 1. The fourth-order valence-corrected chi connectivity index (χ4v) is 5.26. The molecule has 12 heteroatoms. The molecule has 31 heavy (non-hydrogen) atoms. The van der Waals surface area contributed by atoms with Gasteiger partial charge in [0.1, 0.15) is 12.1 Å². The minimum absolute atomic E-state index is 0.0142. The highest BCUT2D eigenvalue weighted by atomic mass is 32.2. The third kappa shape index (κ3) is 5.08. The highest BCUT2D eigenvalue weighted by Gasteiger charge is 2.32. The molecule has 2 aliphatic heterocycles. The van der Waals surface area contributed by atoms with Crippen molar-refractivity contribution in [2.75, 3.05) is 50.8 Å². The number of nitrogens with one attached hydrogen (secondary N) is 1. The summed E-state index contributed by atoms with van der Waals surface area (Å²) in [6, 6.07) is 3.44. The topological polar surface area (TPSA) is 87.7 Å². The lowest BCUT2D eigenvalue weighted by atomic mass is 9.98. The molecule has 2 aromatic rings. The molecule has 0 bridgehead atoms. The van der Waals surface area contributed by atoms with Gasteiger partial charge >= 0.3 is 6.18 Å². The summed E-state index contributed by atoms with van der Waals surface area (Å²) < 4.78 is 73.8. The van der Waals surface area contributed by atoms with Gasteiger partial charge in [0.15, 0.2) is 0 Å². The van der Waals surface area contributed by atoms with Crippen molar-refractivity contribution in [3.05, 3.63) is 30.1 Å². The Balaban J connectivity index is 1.49. The smallest absolute Gasteiger partial charge is 0.379 e. The third-order valence-electron chi connectivity index (χ3n) is 5.62. The second kappa shape index (κ2) is 8.85. The molecule has 0 aliphatic carbocycles. The number of ether oxygens (including phenoxy) is 1. The Morgan fingerprint density at radius 2 is 1.94 bits per heavy atom. The van der Waals surface area contributed by atoms with E-state index < -0.39 is 21.9 Å². The summed E-state index contributed by atoms with van der Waals surface area (Å²) in [5.74, 6) is 0.456. The number of fused-ring (bicyclic) bond motifs is 1. The van der Waals surface area contributed by atoms with Crippen LogP contribution in [0.25, 0.3) is 10.9 Å². The van der Waals surface area contributed by atoms with E-state index >= 15 is 0 Å². The number of anilines is 1. The van der Waals surface area contributed by atoms with Crippen molar-refractivity contribution in [2.24, 2.45) is 5.92 Å². The predicted octanol–water partition coefficient (Wildman–Crippen LogP) is 2.03. The van der Waals surface area contributed by atoms with Gasteiger partial charge in [0.2, 0.25) is 0 Å². The normalized spacial score (nSPS) is 21.5. The molecule has 3 heterocycles. The lowest BCUT2D eigenvalue weighted by molar-refractivity contribution is -0.137. The summed E-state index contributed by atoms with van der Waals surface area (Å²) in [4.78, 5) is 10.3. The predicted molar refractivity (Wildman–Crippen MR) is 109 cm³/mol. The molecule has 0 amide bonds. The van der Waals surface area contributed by atoms with Gasteiger partial charge in [-0.15, -0.1) is 0 Å². The molecule has 1 unspecified atom stereocenters. The average Bonchev–Trinajstić information content (AvgIpc) is 2.77. The summed E-state index contributed by atoms with van der Waals surface area (Å²) in [7, 11) is -3.59. The Morgan fingerprint density at radius 3 is 2.68 bits per heavy atom. The summed E-state index contributed by atoms with van der Waals surface area (Å²) in [5.41, 5.74) is -0.309. The van der Waals surface area contributed by atoms with Gasteiger partial charge in [-0.3, -0.25) is 0 Å². The van der Waals surface area contributed by atoms with E-state index in [2.05, 4.69) is 14.7 Å². The van der Waals surface area contributed by atoms with Crippen molar-refractivity contribution in [1.82, 2.24) is 19.0 Å². The number of aromatic nitrogens is 2. The van der Waals surface area contributed by atoms with Crippen molar-refractivity contribution < 1.29 is 26.3 Å². The Hall–Kier alpha value is -2.02. The maximum Gasteiger partial charge on any atom is 0.416 e. The van der Waals surface area contributed by atoms with Gasteiger partial charge in [0.25, 0.3) is 10.2 Å². The van der Waals surface area contributed by atoms with Gasteiger partial charge in [-0.25, -0.2) is 14.7 Å². The molecule has 1 aromatic heterocycles. The number of nitrogens with zero attached hydrogens (tertiary/aromatic N) is 4.